The van der Waals surface area contributed by atoms with Gasteiger partial charge in [-0.3, -0.25) is 9.59 Å². The van der Waals surface area contributed by atoms with E-state index in [0.717, 1.165) is 0 Å². The van der Waals surface area contributed by atoms with Crippen LogP contribution in [0.3, 0.4) is 0 Å². The van der Waals surface area contributed by atoms with Crippen LogP contribution in [0.2, 0.25) is 0 Å². The lowest BCUT2D eigenvalue weighted by Crippen LogP contribution is -2.49. The molecule has 1 saturated heterocycles. The quantitative estimate of drug-likeness (QED) is 0.631. The van der Waals surface area contributed by atoms with Crippen LogP contribution in [0.1, 0.15) is 27.2 Å². The summed E-state index contributed by atoms with van der Waals surface area (Å²) >= 11 is 0. The molecule has 2 aliphatic rings. The van der Waals surface area contributed by atoms with Gasteiger partial charge in [0.05, 0.1) is 0 Å². The molecular formula is C12H13NO4. The molecule has 0 N–H and O–H groups in total. The fourth-order valence-corrected chi connectivity index (χ4v) is 2.51. The number of hydrogen-bond acceptors (Lipinski definition) is 5. The van der Waals surface area contributed by atoms with E-state index in [0.29, 0.717) is 0 Å². The first-order valence-electron chi connectivity index (χ1n) is 5.32. The largest absolute Gasteiger partial charge is 0.440 e. The van der Waals surface area contributed by atoms with Crippen LogP contribution in [-0.2, 0) is 19.1 Å². The zero-order valence-electron chi connectivity index (χ0n) is 9.94. The minimum absolute atomic E-state index is 0.0540. The van der Waals surface area contributed by atoms with Crippen LogP contribution in [-0.4, -0.2) is 28.6 Å². The summed E-state index contributed by atoms with van der Waals surface area (Å²) in [4.78, 5) is 22.9. The lowest BCUT2D eigenvalue weighted by Gasteiger charge is -2.34. The van der Waals surface area contributed by atoms with Gasteiger partial charge in [-0.15, -0.1) is 0 Å². The number of hydrogen-bond donors (Lipinski definition) is 0. The Morgan fingerprint density at radius 1 is 1.59 bits per heavy atom. The summed E-state index contributed by atoms with van der Waals surface area (Å²) in [5.74, 6) is -0.771. The van der Waals surface area contributed by atoms with Gasteiger partial charge in [-0.25, -0.2) is 0 Å². The summed E-state index contributed by atoms with van der Waals surface area (Å²) in [5, 5.41) is 9.33. The maximum atomic E-state index is 11.7. The maximum absolute atomic E-state index is 11.7. The Morgan fingerprint density at radius 2 is 2.24 bits per heavy atom. The molecule has 2 aliphatic heterocycles. The number of carbonyl (C=O) groups excluding carboxylic acids is 2. The van der Waals surface area contributed by atoms with E-state index in [4.69, 9.17) is 9.47 Å². The first-order chi connectivity index (χ1) is 7.77. The van der Waals surface area contributed by atoms with E-state index >= 15 is 0 Å². The SMILES string of the molecule is CC(=O)OC1(C#N)C[C@]2(C)O[C@@]1(C)C=CC2=O. The van der Waals surface area contributed by atoms with Gasteiger partial charge < -0.3 is 9.47 Å². The monoisotopic (exact) mass is 235 g/mol. The standard InChI is InChI=1S/C12H13NO4/c1-8(14)16-12(7-13)6-10(2)9(15)4-5-11(12,3)17-10/h4-5H,6H2,1-3H3/t10-,11-,12?/m0/s1. The molecule has 0 aromatic carbocycles. The Kier molecular flexibility index (Phi) is 2.20. The molecule has 0 aromatic rings. The highest BCUT2D eigenvalue weighted by Crippen LogP contribution is 2.51. The molecule has 0 spiro atoms. The zero-order valence-corrected chi connectivity index (χ0v) is 9.94. The van der Waals surface area contributed by atoms with Crippen molar-refractivity contribution in [1.29, 1.82) is 5.26 Å². The summed E-state index contributed by atoms with van der Waals surface area (Å²) in [6, 6.07) is 1.99. The lowest BCUT2D eigenvalue weighted by molar-refractivity contribution is -0.165. The zero-order chi connectivity index (χ0) is 12.9. The maximum Gasteiger partial charge on any atom is 0.304 e. The summed E-state index contributed by atoms with van der Waals surface area (Å²) in [6.45, 7) is 4.49. The molecule has 2 heterocycles. The Balaban J connectivity index is 2.52. The predicted molar refractivity (Wildman–Crippen MR) is 56.8 cm³/mol. The summed E-state index contributed by atoms with van der Waals surface area (Å²) in [7, 11) is 0. The number of rotatable bonds is 1. The number of carbonyl (C=O) groups is 2. The Morgan fingerprint density at radius 3 is 2.71 bits per heavy atom. The van der Waals surface area contributed by atoms with E-state index in [9.17, 15) is 14.9 Å². The molecule has 0 aliphatic carbocycles. The number of ketones is 1. The van der Waals surface area contributed by atoms with E-state index in [-0.39, 0.29) is 12.2 Å². The number of fused-ring (bicyclic) bond motifs is 2. The van der Waals surface area contributed by atoms with Crippen molar-refractivity contribution in [2.24, 2.45) is 0 Å². The molecule has 0 saturated carbocycles. The van der Waals surface area contributed by atoms with Crippen LogP contribution in [0.25, 0.3) is 0 Å². The van der Waals surface area contributed by atoms with E-state index in [2.05, 4.69) is 0 Å². The van der Waals surface area contributed by atoms with Crippen molar-refractivity contribution in [3.8, 4) is 6.07 Å². The second-order valence-electron chi connectivity index (χ2n) is 4.85. The van der Waals surface area contributed by atoms with Crippen LogP contribution in [0, 0.1) is 11.3 Å². The van der Waals surface area contributed by atoms with Gasteiger partial charge in [0, 0.05) is 13.3 Å². The summed E-state index contributed by atoms with van der Waals surface area (Å²) in [6.07, 6.45) is 2.95. The molecule has 0 radical (unpaired) electrons. The fraction of sp³-hybridized carbons (Fsp3) is 0.583. The number of esters is 1. The van der Waals surface area contributed by atoms with Crippen molar-refractivity contribution < 1.29 is 19.1 Å². The van der Waals surface area contributed by atoms with E-state index in [1.165, 1.54) is 19.1 Å². The Hall–Kier alpha value is -1.67. The van der Waals surface area contributed by atoms with Crippen molar-refractivity contribution in [1.82, 2.24) is 0 Å². The van der Waals surface area contributed by atoms with Crippen molar-refractivity contribution in [3.05, 3.63) is 12.2 Å². The van der Waals surface area contributed by atoms with E-state index in [1.807, 2.05) is 6.07 Å². The summed E-state index contributed by atoms with van der Waals surface area (Å²) in [5.41, 5.74) is -3.60. The van der Waals surface area contributed by atoms with Crippen LogP contribution in [0.5, 0.6) is 0 Å². The second kappa shape index (κ2) is 3.17. The highest BCUT2D eigenvalue weighted by molar-refractivity contribution is 5.99. The predicted octanol–water partition coefficient (Wildman–Crippen LogP) is 0.888. The molecule has 90 valence electrons. The van der Waals surface area contributed by atoms with Crippen LogP contribution in [0.4, 0.5) is 0 Å². The molecule has 5 nitrogen and oxygen atoms in total. The minimum Gasteiger partial charge on any atom is -0.440 e. The molecule has 2 rings (SSSR count). The lowest BCUT2D eigenvalue weighted by atomic mass is 9.83. The molecule has 3 atom stereocenters. The average molecular weight is 235 g/mol. The van der Waals surface area contributed by atoms with Gasteiger partial charge in [0.1, 0.15) is 17.3 Å². The Labute approximate surface area is 99.0 Å². The van der Waals surface area contributed by atoms with Crippen molar-refractivity contribution in [2.45, 2.75) is 44.0 Å². The van der Waals surface area contributed by atoms with Gasteiger partial charge in [-0.1, -0.05) is 0 Å². The number of nitrogens with zero attached hydrogens (tertiary/aromatic N) is 1. The second-order valence-corrected chi connectivity index (χ2v) is 4.85. The van der Waals surface area contributed by atoms with Crippen molar-refractivity contribution in [3.63, 3.8) is 0 Å². The van der Waals surface area contributed by atoms with Crippen LogP contribution < -0.4 is 0 Å². The third-order valence-electron chi connectivity index (χ3n) is 3.40. The van der Waals surface area contributed by atoms with Gasteiger partial charge in [-0.05, 0) is 26.0 Å². The molecule has 5 heteroatoms. The van der Waals surface area contributed by atoms with Gasteiger partial charge in [0.2, 0.25) is 5.60 Å². The van der Waals surface area contributed by atoms with E-state index in [1.54, 1.807) is 13.8 Å². The van der Waals surface area contributed by atoms with Gasteiger partial charge >= 0.3 is 5.97 Å². The molecule has 17 heavy (non-hydrogen) atoms. The van der Waals surface area contributed by atoms with Crippen molar-refractivity contribution >= 4 is 11.8 Å². The molecule has 0 aromatic heterocycles. The molecule has 1 unspecified atom stereocenters. The van der Waals surface area contributed by atoms with E-state index < -0.39 is 22.8 Å². The fourth-order valence-electron chi connectivity index (χ4n) is 2.51. The first-order valence-corrected chi connectivity index (χ1v) is 5.32. The third kappa shape index (κ3) is 1.41. The van der Waals surface area contributed by atoms with Crippen molar-refractivity contribution in [2.75, 3.05) is 0 Å². The van der Waals surface area contributed by atoms with Crippen LogP contribution >= 0.6 is 0 Å². The molecular weight excluding hydrogens is 222 g/mol. The smallest absolute Gasteiger partial charge is 0.304 e. The highest BCUT2D eigenvalue weighted by atomic mass is 16.6. The molecule has 0 amide bonds. The highest BCUT2D eigenvalue weighted by Gasteiger charge is 2.67. The Bertz CT molecular complexity index is 477. The third-order valence-corrected chi connectivity index (χ3v) is 3.40. The topological polar surface area (TPSA) is 76.4 Å². The molecule has 1 fully saturated rings. The number of nitriles is 1. The summed E-state index contributed by atoms with van der Waals surface area (Å²) < 4.78 is 10.8. The molecule has 2 bridgehead atoms. The van der Waals surface area contributed by atoms with Gasteiger partial charge in [-0.2, -0.15) is 5.26 Å². The van der Waals surface area contributed by atoms with Gasteiger partial charge in [0.15, 0.2) is 5.78 Å². The van der Waals surface area contributed by atoms with Crippen LogP contribution in [0.15, 0.2) is 12.2 Å². The first kappa shape index (κ1) is 11.8. The number of ether oxygens (including phenoxy) is 2. The average Bonchev–Trinajstić information content (AvgIpc) is 2.40. The normalized spacial score (nSPS) is 43.3. The van der Waals surface area contributed by atoms with Gasteiger partial charge in [0.25, 0.3) is 0 Å². The minimum atomic E-state index is -1.43.